The number of hydrogen-bond acceptors (Lipinski definition) is 2. The van der Waals surface area contributed by atoms with Crippen LogP contribution >= 0.6 is 28.3 Å². The number of amides is 1. The van der Waals surface area contributed by atoms with Gasteiger partial charge in [-0.15, -0.1) is 12.4 Å². The first-order valence-electron chi connectivity index (χ1n) is 5.59. The zero-order valence-electron chi connectivity index (χ0n) is 9.71. The second-order valence-electron chi connectivity index (χ2n) is 4.14. The maximum atomic E-state index is 13.0. The van der Waals surface area contributed by atoms with E-state index in [1.807, 2.05) is 0 Å². The van der Waals surface area contributed by atoms with Crippen molar-refractivity contribution in [1.29, 1.82) is 0 Å². The van der Waals surface area contributed by atoms with Gasteiger partial charge in [-0.3, -0.25) is 4.79 Å². The molecule has 2 rings (SSSR count). The van der Waals surface area contributed by atoms with E-state index in [2.05, 4.69) is 26.6 Å². The van der Waals surface area contributed by atoms with Crippen molar-refractivity contribution in [2.75, 3.05) is 13.1 Å². The Labute approximate surface area is 120 Å². The van der Waals surface area contributed by atoms with E-state index in [1.165, 1.54) is 12.1 Å². The number of hydrogen-bond donors (Lipinski definition) is 2. The van der Waals surface area contributed by atoms with Gasteiger partial charge in [0.15, 0.2) is 0 Å². The van der Waals surface area contributed by atoms with Crippen LogP contribution in [0.3, 0.4) is 0 Å². The Kier molecular flexibility index (Phi) is 6.05. The second kappa shape index (κ2) is 7.07. The highest BCUT2D eigenvalue weighted by Crippen LogP contribution is 2.18. The van der Waals surface area contributed by atoms with Gasteiger partial charge in [-0.05, 0) is 36.7 Å². The minimum absolute atomic E-state index is 0. The quantitative estimate of drug-likeness (QED) is 0.888. The maximum absolute atomic E-state index is 13.0. The van der Waals surface area contributed by atoms with E-state index in [-0.39, 0.29) is 30.0 Å². The number of carbonyl (C=O) groups excluding carboxylic acids is 1. The average molecular weight is 338 g/mol. The molecule has 1 saturated heterocycles. The highest BCUT2D eigenvalue weighted by Gasteiger charge is 2.21. The number of benzene rings is 1. The zero-order chi connectivity index (χ0) is 12.3. The molecule has 0 aromatic heterocycles. The van der Waals surface area contributed by atoms with Gasteiger partial charge in [0.2, 0.25) is 5.91 Å². The van der Waals surface area contributed by atoms with Crippen molar-refractivity contribution in [1.82, 2.24) is 10.6 Å². The SMILES string of the molecule is Cl.O=C(NCc1cc(F)ccc1Br)C1CCNC1. The third kappa shape index (κ3) is 3.93. The second-order valence-corrected chi connectivity index (χ2v) is 5.00. The summed E-state index contributed by atoms with van der Waals surface area (Å²) in [7, 11) is 0. The molecule has 18 heavy (non-hydrogen) atoms. The van der Waals surface area contributed by atoms with Crippen molar-refractivity contribution in [2.24, 2.45) is 5.92 Å². The van der Waals surface area contributed by atoms with Gasteiger partial charge in [-0.1, -0.05) is 15.9 Å². The molecule has 1 aliphatic heterocycles. The maximum Gasteiger partial charge on any atom is 0.224 e. The van der Waals surface area contributed by atoms with Gasteiger partial charge < -0.3 is 10.6 Å². The van der Waals surface area contributed by atoms with Gasteiger partial charge in [0.05, 0.1) is 5.92 Å². The summed E-state index contributed by atoms with van der Waals surface area (Å²) >= 11 is 3.33. The van der Waals surface area contributed by atoms with Gasteiger partial charge in [-0.2, -0.15) is 0 Å². The van der Waals surface area contributed by atoms with Crippen LogP contribution in [0, 0.1) is 11.7 Å². The van der Waals surface area contributed by atoms with Gasteiger partial charge in [0.25, 0.3) is 0 Å². The molecule has 6 heteroatoms. The molecule has 1 heterocycles. The van der Waals surface area contributed by atoms with E-state index in [1.54, 1.807) is 6.07 Å². The molecule has 1 unspecified atom stereocenters. The summed E-state index contributed by atoms with van der Waals surface area (Å²) in [4.78, 5) is 11.8. The Bertz CT molecular complexity index is 425. The van der Waals surface area contributed by atoms with Crippen molar-refractivity contribution in [3.8, 4) is 0 Å². The number of carbonyl (C=O) groups is 1. The number of rotatable bonds is 3. The molecule has 3 nitrogen and oxygen atoms in total. The molecule has 1 amide bonds. The van der Waals surface area contributed by atoms with Crippen LogP contribution in [-0.2, 0) is 11.3 Å². The molecule has 100 valence electrons. The fourth-order valence-corrected chi connectivity index (χ4v) is 2.27. The van der Waals surface area contributed by atoms with Crippen LogP contribution in [0.4, 0.5) is 4.39 Å². The lowest BCUT2D eigenvalue weighted by molar-refractivity contribution is -0.124. The highest BCUT2D eigenvalue weighted by atomic mass is 79.9. The fourth-order valence-electron chi connectivity index (χ4n) is 1.88. The molecule has 1 aromatic rings. The van der Waals surface area contributed by atoms with Crippen LogP contribution in [0.15, 0.2) is 22.7 Å². The predicted molar refractivity (Wildman–Crippen MR) is 74.2 cm³/mol. The molecule has 0 saturated carbocycles. The zero-order valence-corrected chi connectivity index (χ0v) is 12.1. The Morgan fingerprint density at radius 2 is 2.33 bits per heavy atom. The minimum atomic E-state index is -0.292. The lowest BCUT2D eigenvalue weighted by atomic mass is 10.1. The van der Waals surface area contributed by atoms with Crippen LogP contribution in [0.25, 0.3) is 0 Å². The first-order chi connectivity index (χ1) is 8.16. The third-order valence-corrected chi connectivity index (χ3v) is 3.67. The summed E-state index contributed by atoms with van der Waals surface area (Å²) in [6.07, 6.45) is 0.871. The molecule has 1 fully saturated rings. The average Bonchev–Trinajstić information content (AvgIpc) is 2.83. The van der Waals surface area contributed by atoms with Gasteiger partial charge >= 0.3 is 0 Å². The van der Waals surface area contributed by atoms with Crippen LogP contribution < -0.4 is 10.6 Å². The molecule has 0 radical (unpaired) electrons. The lowest BCUT2D eigenvalue weighted by Crippen LogP contribution is -2.31. The molecule has 1 aliphatic rings. The van der Waals surface area contributed by atoms with Crippen molar-refractivity contribution >= 4 is 34.2 Å². The fraction of sp³-hybridized carbons (Fsp3) is 0.417. The first-order valence-corrected chi connectivity index (χ1v) is 6.38. The normalized spacial score (nSPS) is 18.2. The van der Waals surface area contributed by atoms with E-state index in [4.69, 9.17) is 0 Å². The molecule has 0 bridgehead atoms. The smallest absolute Gasteiger partial charge is 0.224 e. The summed E-state index contributed by atoms with van der Waals surface area (Å²) in [6, 6.07) is 4.46. The molecule has 0 spiro atoms. The van der Waals surface area contributed by atoms with Crippen molar-refractivity contribution < 1.29 is 9.18 Å². The van der Waals surface area contributed by atoms with Crippen LogP contribution in [0.2, 0.25) is 0 Å². The highest BCUT2D eigenvalue weighted by molar-refractivity contribution is 9.10. The molecule has 2 N–H and O–H groups in total. The standard InChI is InChI=1S/C12H14BrFN2O.ClH/c13-11-2-1-10(14)5-9(11)7-16-12(17)8-3-4-15-6-8;/h1-2,5,8,15H,3-4,6-7H2,(H,16,17);1H. The Balaban J connectivity index is 0.00000162. The Morgan fingerprint density at radius 3 is 3.00 bits per heavy atom. The minimum Gasteiger partial charge on any atom is -0.352 e. The molecule has 0 aliphatic carbocycles. The van der Waals surface area contributed by atoms with E-state index < -0.39 is 0 Å². The predicted octanol–water partition coefficient (Wildman–Crippen LogP) is 2.24. The van der Waals surface area contributed by atoms with Crippen LogP contribution in [0.1, 0.15) is 12.0 Å². The molecular formula is C12H15BrClFN2O. The summed E-state index contributed by atoms with van der Waals surface area (Å²) in [6.45, 7) is 1.98. The summed E-state index contributed by atoms with van der Waals surface area (Å²) in [5.41, 5.74) is 0.754. The number of nitrogens with one attached hydrogen (secondary N) is 2. The van der Waals surface area contributed by atoms with Gasteiger partial charge in [0, 0.05) is 17.6 Å². The van der Waals surface area contributed by atoms with E-state index in [0.29, 0.717) is 6.54 Å². The Hall–Kier alpha value is -0.650. The van der Waals surface area contributed by atoms with Crippen molar-refractivity contribution in [3.63, 3.8) is 0 Å². The first kappa shape index (κ1) is 15.4. The van der Waals surface area contributed by atoms with Crippen LogP contribution in [0.5, 0.6) is 0 Å². The molecule has 1 atom stereocenters. The van der Waals surface area contributed by atoms with E-state index >= 15 is 0 Å². The number of halogens is 3. The van der Waals surface area contributed by atoms with Crippen molar-refractivity contribution in [2.45, 2.75) is 13.0 Å². The third-order valence-electron chi connectivity index (χ3n) is 2.89. The topological polar surface area (TPSA) is 41.1 Å². The summed E-state index contributed by atoms with van der Waals surface area (Å²) in [5.74, 6) is -0.214. The van der Waals surface area contributed by atoms with Gasteiger partial charge in [-0.25, -0.2) is 4.39 Å². The summed E-state index contributed by atoms with van der Waals surface area (Å²) < 4.78 is 13.8. The van der Waals surface area contributed by atoms with Crippen molar-refractivity contribution in [3.05, 3.63) is 34.1 Å². The summed E-state index contributed by atoms with van der Waals surface area (Å²) in [5, 5.41) is 5.98. The largest absolute Gasteiger partial charge is 0.352 e. The molecule has 1 aromatic carbocycles. The van der Waals surface area contributed by atoms with Gasteiger partial charge in [0.1, 0.15) is 5.82 Å². The monoisotopic (exact) mass is 336 g/mol. The molecular weight excluding hydrogens is 323 g/mol. The lowest BCUT2D eigenvalue weighted by Gasteiger charge is -2.11. The Morgan fingerprint density at radius 1 is 1.56 bits per heavy atom. The van der Waals surface area contributed by atoms with E-state index in [9.17, 15) is 9.18 Å². The van der Waals surface area contributed by atoms with Crippen LogP contribution in [-0.4, -0.2) is 19.0 Å². The van der Waals surface area contributed by atoms with E-state index in [0.717, 1.165) is 29.5 Å².